The first-order valence-corrected chi connectivity index (χ1v) is 8.47. The van der Waals surface area contributed by atoms with Crippen LogP contribution in [0.25, 0.3) is 10.9 Å². The number of fused-ring (bicyclic) bond motifs is 1. The number of benzene rings is 1. The Kier molecular flexibility index (Phi) is 5.21. The summed E-state index contributed by atoms with van der Waals surface area (Å²) in [5, 5.41) is 1.11. The fourth-order valence-electron chi connectivity index (χ4n) is 3.56. The van der Waals surface area contributed by atoms with E-state index in [1.54, 1.807) is 14.2 Å². The third kappa shape index (κ3) is 3.79. The van der Waals surface area contributed by atoms with Crippen LogP contribution in [0.5, 0.6) is 11.6 Å². The molecule has 1 aromatic heterocycles. The van der Waals surface area contributed by atoms with Gasteiger partial charge in [0.05, 0.1) is 19.7 Å². The predicted molar refractivity (Wildman–Crippen MR) is 96.8 cm³/mol. The van der Waals surface area contributed by atoms with E-state index in [-0.39, 0.29) is 0 Å². The minimum Gasteiger partial charge on any atom is -0.497 e. The molecule has 0 amide bonds. The van der Waals surface area contributed by atoms with Gasteiger partial charge in [-0.25, -0.2) is 4.98 Å². The van der Waals surface area contributed by atoms with Crippen LogP contribution in [0.15, 0.2) is 24.3 Å². The molecule has 0 N–H and O–H groups in total. The largest absolute Gasteiger partial charge is 0.497 e. The first kappa shape index (κ1) is 17.0. The zero-order valence-corrected chi connectivity index (χ0v) is 15.1. The highest BCUT2D eigenvalue weighted by Crippen LogP contribution is 2.26. The van der Waals surface area contributed by atoms with Crippen molar-refractivity contribution in [2.75, 3.05) is 47.9 Å². The molecule has 5 nitrogen and oxygen atoms in total. The third-order valence-electron chi connectivity index (χ3n) is 4.76. The SMILES string of the molecule is COc1ccc2cc(CN(C)CC3CCN(C)C3)c(OC)nc2c1. The number of likely N-dealkylation sites (tertiary alicyclic amines) is 1. The van der Waals surface area contributed by atoms with Crippen molar-refractivity contribution in [3.63, 3.8) is 0 Å². The summed E-state index contributed by atoms with van der Waals surface area (Å²) in [6.07, 6.45) is 1.29. The summed E-state index contributed by atoms with van der Waals surface area (Å²) in [5.74, 6) is 2.27. The van der Waals surface area contributed by atoms with Crippen LogP contribution in [0.2, 0.25) is 0 Å². The highest BCUT2D eigenvalue weighted by Gasteiger charge is 2.21. The van der Waals surface area contributed by atoms with Gasteiger partial charge >= 0.3 is 0 Å². The average molecular weight is 329 g/mol. The van der Waals surface area contributed by atoms with Gasteiger partial charge in [0.2, 0.25) is 5.88 Å². The van der Waals surface area contributed by atoms with Crippen LogP contribution in [-0.2, 0) is 6.54 Å². The topological polar surface area (TPSA) is 37.8 Å². The Balaban J connectivity index is 1.77. The van der Waals surface area contributed by atoms with Crippen LogP contribution in [0, 0.1) is 5.92 Å². The molecule has 1 saturated heterocycles. The Bertz CT molecular complexity index is 704. The Labute approximate surface area is 144 Å². The van der Waals surface area contributed by atoms with E-state index in [1.807, 2.05) is 12.1 Å². The van der Waals surface area contributed by atoms with Gasteiger partial charge in [-0.15, -0.1) is 0 Å². The maximum Gasteiger partial charge on any atom is 0.218 e. The molecule has 0 radical (unpaired) electrons. The van der Waals surface area contributed by atoms with Crippen molar-refractivity contribution >= 4 is 10.9 Å². The molecule has 1 aliphatic heterocycles. The summed E-state index contributed by atoms with van der Waals surface area (Å²) in [7, 11) is 7.73. The molecular weight excluding hydrogens is 302 g/mol. The molecular formula is C19H27N3O2. The zero-order valence-electron chi connectivity index (χ0n) is 15.1. The maximum absolute atomic E-state index is 5.53. The van der Waals surface area contributed by atoms with Crippen molar-refractivity contribution in [3.8, 4) is 11.6 Å². The van der Waals surface area contributed by atoms with E-state index in [2.05, 4.69) is 41.0 Å². The lowest BCUT2D eigenvalue weighted by atomic mass is 10.1. The Morgan fingerprint density at radius 3 is 2.75 bits per heavy atom. The Hall–Kier alpha value is -1.85. The molecule has 0 spiro atoms. The Morgan fingerprint density at radius 1 is 1.25 bits per heavy atom. The van der Waals surface area contributed by atoms with Crippen molar-refractivity contribution in [2.45, 2.75) is 13.0 Å². The van der Waals surface area contributed by atoms with Crippen LogP contribution in [0.1, 0.15) is 12.0 Å². The van der Waals surface area contributed by atoms with Crippen molar-refractivity contribution in [2.24, 2.45) is 5.92 Å². The first-order chi connectivity index (χ1) is 11.6. The molecule has 0 aliphatic carbocycles. The van der Waals surface area contributed by atoms with Gasteiger partial charge in [-0.3, -0.25) is 0 Å². The number of methoxy groups -OCH3 is 2. The average Bonchev–Trinajstić information content (AvgIpc) is 2.98. The van der Waals surface area contributed by atoms with Gasteiger partial charge in [0.25, 0.3) is 0 Å². The van der Waals surface area contributed by atoms with Gasteiger partial charge in [0.15, 0.2) is 0 Å². The van der Waals surface area contributed by atoms with Crippen LogP contribution >= 0.6 is 0 Å². The first-order valence-electron chi connectivity index (χ1n) is 8.47. The van der Waals surface area contributed by atoms with Crippen molar-refractivity contribution in [1.82, 2.24) is 14.8 Å². The van der Waals surface area contributed by atoms with E-state index < -0.39 is 0 Å². The fourth-order valence-corrected chi connectivity index (χ4v) is 3.56. The van der Waals surface area contributed by atoms with Gasteiger partial charge in [-0.1, -0.05) is 0 Å². The van der Waals surface area contributed by atoms with Crippen LogP contribution in [0.4, 0.5) is 0 Å². The van der Waals surface area contributed by atoms with Crippen LogP contribution in [0.3, 0.4) is 0 Å². The van der Waals surface area contributed by atoms with Crippen molar-refractivity contribution in [3.05, 3.63) is 29.8 Å². The zero-order chi connectivity index (χ0) is 17.1. The normalized spacial score (nSPS) is 18.5. The van der Waals surface area contributed by atoms with Gasteiger partial charge in [0.1, 0.15) is 5.75 Å². The number of nitrogens with zero attached hydrogens (tertiary/aromatic N) is 3. The second-order valence-electron chi connectivity index (χ2n) is 6.83. The summed E-state index contributed by atoms with van der Waals surface area (Å²) in [6.45, 7) is 4.35. The van der Waals surface area contributed by atoms with Crippen LogP contribution in [-0.4, -0.2) is 62.7 Å². The van der Waals surface area contributed by atoms with Crippen molar-refractivity contribution in [1.29, 1.82) is 0 Å². The molecule has 1 fully saturated rings. The van der Waals surface area contributed by atoms with E-state index in [0.29, 0.717) is 5.88 Å². The number of rotatable bonds is 6. The molecule has 5 heteroatoms. The smallest absolute Gasteiger partial charge is 0.218 e. The molecule has 1 unspecified atom stereocenters. The van der Waals surface area contributed by atoms with Gasteiger partial charge in [0, 0.05) is 36.7 Å². The van der Waals surface area contributed by atoms with E-state index in [0.717, 1.165) is 41.2 Å². The molecule has 24 heavy (non-hydrogen) atoms. The minimum absolute atomic E-state index is 0.700. The lowest BCUT2D eigenvalue weighted by Crippen LogP contribution is -2.27. The van der Waals surface area contributed by atoms with Gasteiger partial charge in [-0.05, 0) is 51.2 Å². The quantitative estimate of drug-likeness (QED) is 0.814. The summed E-state index contributed by atoms with van der Waals surface area (Å²) in [6, 6.07) is 8.14. The van der Waals surface area contributed by atoms with Gasteiger partial charge < -0.3 is 19.3 Å². The highest BCUT2D eigenvalue weighted by molar-refractivity contribution is 5.81. The minimum atomic E-state index is 0.700. The molecule has 0 bridgehead atoms. The van der Waals surface area contributed by atoms with Crippen molar-refractivity contribution < 1.29 is 9.47 Å². The lowest BCUT2D eigenvalue weighted by Gasteiger charge is -2.22. The molecule has 0 saturated carbocycles. The number of hydrogen-bond donors (Lipinski definition) is 0. The Morgan fingerprint density at radius 2 is 2.08 bits per heavy atom. The fraction of sp³-hybridized carbons (Fsp3) is 0.526. The highest BCUT2D eigenvalue weighted by atomic mass is 16.5. The maximum atomic E-state index is 5.53. The summed E-state index contributed by atoms with van der Waals surface area (Å²) in [4.78, 5) is 9.44. The number of ether oxygens (including phenoxy) is 2. The summed E-state index contributed by atoms with van der Waals surface area (Å²) < 4.78 is 10.8. The van der Waals surface area contributed by atoms with E-state index >= 15 is 0 Å². The standard InChI is InChI=1S/C19H27N3O2/c1-21-8-7-14(11-21)12-22(2)13-16-9-15-5-6-17(23-3)10-18(15)20-19(16)24-4/h5-6,9-10,14H,7-8,11-13H2,1-4H3. The molecule has 2 aromatic rings. The van der Waals surface area contributed by atoms with Gasteiger partial charge in [-0.2, -0.15) is 0 Å². The number of pyridine rings is 1. The molecule has 1 aromatic carbocycles. The van der Waals surface area contributed by atoms with E-state index in [1.165, 1.54) is 19.5 Å². The number of hydrogen-bond acceptors (Lipinski definition) is 5. The third-order valence-corrected chi connectivity index (χ3v) is 4.76. The number of aromatic nitrogens is 1. The molecule has 3 rings (SSSR count). The van der Waals surface area contributed by atoms with Crippen LogP contribution < -0.4 is 9.47 Å². The summed E-state index contributed by atoms with van der Waals surface area (Å²) >= 11 is 0. The molecule has 2 heterocycles. The second-order valence-corrected chi connectivity index (χ2v) is 6.83. The second kappa shape index (κ2) is 7.36. The molecule has 130 valence electrons. The monoisotopic (exact) mass is 329 g/mol. The predicted octanol–water partition coefficient (Wildman–Crippen LogP) is 2.64. The molecule has 1 aliphatic rings. The summed E-state index contributed by atoms with van der Waals surface area (Å²) in [5.41, 5.74) is 2.03. The van der Waals surface area contributed by atoms with E-state index in [9.17, 15) is 0 Å². The van der Waals surface area contributed by atoms with E-state index in [4.69, 9.17) is 9.47 Å². The lowest BCUT2D eigenvalue weighted by molar-refractivity contribution is 0.262. The molecule has 1 atom stereocenters.